The van der Waals surface area contributed by atoms with E-state index in [1.165, 1.54) is 10.1 Å². The Hall–Kier alpha value is -3.20. The molecule has 0 saturated carbocycles. The molecule has 0 aliphatic carbocycles. The highest BCUT2D eigenvalue weighted by Gasteiger charge is 2.12. The molecule has 3 aromatic carbocycles. The summed E-state index contributed by atoms with van der Waals surface area (Å²) >= 11 is 0. The van der Waals surface area contributed by atoms with E-state index in [4.69, 9.17) is 0 Å². The summed E-state index contributed by atoms with van der Waals surface area (Å²) in [7, 11) is 0. The SMILES string of the molecule is CC(C)c1ccc(-n2c(=O)c3ccccc3c3ccccc3c2=O)cc1. The number of rotatable bonds is 2. The molecule has 0 spiro atoms. The van der Waals surface area contributed by atoms with Crippen LogP contribution >= 0.6 is 0 Å². The van der Waals surface area contributed by atoms with Crippen molar-refractivity contribution in [3.63, 3.8) is 0 Å². The Balaban J connectivity index is 2.19. The van der Waals surface area contributed by atoms with Crippen molar-refractivity contribution < 1.29 is 0 Å². The zero-order valence-corrected chi connectivity index (χ0v) is 14.8. The molecule has 128 valence electrons. The van der Waals surface area contributed by atoms with E-state index >= 15 is 0 Å². The molecular weight excluding hydrogens is 322 g/mol. The molecule has 26 heavy (non-hydrogen) atoms. The average molecular weight is 341 g/mol. The van der Waals surface area contributed by atoms with E-state index in [-0.39, 0.29) is 11.1 Å². The molecule has 0 unspecified atom stereocenters. The molecule has 0 radical (unpaired) electrons. The molecule has 0 saturated heterocycles. The summed E-state index contributed by atoms with van der Waals surface area (Å²) in [4.78, 5) is 26.5. The Morgan fingerprint density at radius 2 is 1.04 bits per heavy atom. The van der Waals surface area contributed by atoms with Gasteiger partial charge in [-0.15, -0.1) is 0 Å². The first kappa shape index (κ1) is 16.3. The Morgan fingerprint density at radius 1 is 0.615 bits per heavy atom. The van der Waals surface area contributed by atoms with Gasteiger partial charge in [-0.3, -0.25) is 9.59 Å². The van der Waals surface area contributed by atoms with Crippen LogP contribution in [0.4, 0.5) is 0 Å². The van der Waals surface area contributed by atoms with Gasteiger partial charge in [-0.1, -0.05) is 62.4 Å². The van der Waals surface area contributed by atoms with Gasteiger partial charge in [0.2, 0.25) is 0 Å². The average Bonchev–Trinajstić information content (AvgIpc) is 2.76. The van der Waals surface area contributed by atoms with E-state index in [9.17, 15) is 9.59 Å². The number of fused-ring (bicyclic) bond motifs is 3. The number of nitrogens with zero attached hydrogens (tertiary/aromatic N) is 1. The Morgan fingerprint density at radius 3 is 1.46 bits per heavy atom. The van der Waals surface area contributed by atoms with E-state index in [1.54, 1.807) is 12.1 Å². The lowest BCUT2D eigenvalue weighted by atomic mass is 10.0. The topological polar surface area (TPSA) is 39.1 Å². The minimum Gasteiger partial charge on any atom is -0.268 e. The lowest BCUT2D eigenvalue weighted by Crippen LogP contribution is -2.28. The highest BCUT2D eigenvalue weighted by atomic mass is 16.2. The van der Waals surface area contributed by atoms with E-state index in [0.717, 1.165) is 10.8 Å². The van der Waals surface area contributed by atoms with Gasteiger partial charge in [0.15, 0.2) is 0 Å². The maximum atomic E-state index is 13.2. The fourth-order valence-electron chi connectivity index (χ4n) is 3.38. The van der Waals surface area contributed by atoms with Crippen molar-refractivity contribution in [2.24, 2.45) is 0 Å². The number of hydrogen-bond acceptors (Lipinski definition) is 2. The molecular formula is C23H19NO2. The monoisotopic (exact) mass is 341 g/mol. The lowest BCUT2D eigenvalue weighted by Gasteiger charge is -2.07. The largest absolute Gasteiger partial charge is 0.268 e. The molecule has 4 rings (SSSR count). The molecule has 1 heterocycles. The minimum absolute atomic E-state index is 0.293. The van der Waals surface area contributed by atoms with Gasteiger partial charge in [-0.25, -0.2) is 4.57 Å². The summed E-state index contributed by atoms with van der Waals surface area (Å²) < 4.78 is 1.29. The Labute approximate surface area is 151 Å². The third-order valence-corrected chi connectivity index (χ3v) is 4.83. The molecule has 0 aliphatic heterocycles. The first-order chi connectivity index (χ1) is 12.6. The van der Waals surface area contributed by atoms with Crippen LogP contribution in [0.2, 0.25) is 0 Å². The summed E-state index contributed by atoms with van der Waals surface area (Å²) in [5.41, 5.74) is 1.18. The summed E-state index contributed by atoms with van der Waals surface area (Å²) in [6.07, 6.45) is 0. The normalized spacial score (nSPS) is 11.3. The van der Waals surface area contributed by atoms with Crippen molar-refractivity contribution >= 4 is 21.5 Å². The standard InChI is InChI=1S/C23H19NO2/c1-15(2)16-11-13-17(14-12-16)24-22(25)20-9-5-3-7-18(20)19-8-4-6-10-21(19)23(24)26/h3-15H,1-2H3. The van der Waals surface area contributed by atoms with Gasteiger partial charge in [0.25, 0.3) is 11.1 Å². The van der Waals surface area contributed by atoms with E-state index in [0.29, 0.717) is 22.4 Å². The molecule has 3 heteroatoms. The van der Waals surface area contributed by atoms with Crippen molar-refractivity contribution in [2.75, 3.05) is 0 Å². The minimum atomic E-state index is -0.293. The van der Waals surface area contributed by atoms with Crippen LogP contribution in [-0.2, 0) is 0 Å². The molecule has 0 bridgehead atoms. The molecule has 4 aromatic rings. The molecule has 0 amide bonds. The highest BCUT2D eigenvalue weighted by molar-refractivity contribution is 6.05. The summed E-state index contributed by atoms with van der Waals surface area (Å²) in [6.45, 7) is 4.23. The van der Waals surface area contributed by atoms with Gasteiger partial charge in [-0.2, -0.15) is 0 Å². The fraction of sp³-hybridized carbons (Fsp3) is 0.130. The second kappa shape index (κ2) is 6.26. The quantitative estimate of drug-likeness (QED) is 0.533. The van der Waals surface area contributed by atoms with Crippen LogP contribution in [0.25, 0.3) is 27.2 Å². The zero-order valence-electron chi connectivity index (χ0n) is 14.8. The van der Waals surface area contributed by atoms with Gasteiger partial charge in [0, 0.05) is 10.8 Å². The first-order valence-electron chi connectivity index (χ1n) is 8.75. The van der Waals surface area contributed by atoms with Crippen molar-refractivity contribution in [1.29, 1.82) is 0 Å². The second-order valence-corrected chi connectivity index (χ2v) is 6.78. The third-order valence-electron chi connectivity index (χ3n) is 4.83. The molecule has 1 aromatic heterocycles. The number of benzene rings is 3. The summed E-state index contributed by atoms with van der Waals surface area (Å²) in [5, 5.41) is 2.67. The molecule has 0 fully saturated rings. The lowest BCUT2D eigenvalue weighted by molar-refractivity contribution is 0.863. The van der Waals surface area contributed by atoms with Crippen LogP contribution in [0.5, 0.6) is 0 Å². The van der Waals surface area contributed by atoms with Gasteiger partial charge >= 0.3 is 0 Å². The van der Waals surface area contributed by atoms with Crippen LogP contribution in [0.15, 0.2) is 82.4 Å². The van der Waals surface area contributed by atoms with E-state index < -0.39 is 0 Å². The van der Waals surface area contributed by atoms with Crippen molar-refractivity contribution in [3.05, 3.63) is 99.1 Å². The second-order valence-electron chi connectivity index (χ2n) is 6.78. The third kappa shape index (κ3) is 2.53. The highest BCUT2D eigenvalue weighted by Crippen LogP contribution is 2.21. The van der Waals surface area contributed by atoms with E-state index in [1.807, 2.05) is 60.7 Å². The van der Waals surface area contributed by atoms with Crippen LogP contribution < -0.4 is 11.1 Å². The molecule has 0 N–H and O–H groups in total. The first-order valence-corrected chi connectivity index (χ1v) is 8.75. The van der Waals surface area contributed by atoms with Crippen LogP contribution in [0, 0.1) is 0 Å². The predicted molar refractivity (Wildman–Crippen MR) is 107 cm³/mol. The van der Waals surface area contributed by atoms with E-state index in [2.05, 4.69) is 13.8 Å². The van der Waals surface area contributed by atoms with Crippen LogP contribution in [0.3, 0.4) is 0 Å². The maximum absolute atomic E-state index is 13.2. The zero-order chi connectivity index (χ0) is 18.3. The molecule has 3 nitrogen and oxygen atoms in total. The Bertz CT molecular complexity index is 1160. The van der Waals surface area contributed by atoms with Gasteiger partial charge in [0.05, 0.1) is 5.69 Å². The van der Waals surface area contributed by atoms with Crippen LogP contribution in [-0.4, -0.2) is 4.57 Å². The smallest absolute Gasteiger partial charge is 0.265 e. The van der Waals surface area contributed by atoms with Crippen molar-refractivity contribution in [1.82, 2.24) is 4.57 Å². The summed E-state index contributed by atoms with van der Waals surface area (Å²) in [5.74, 6) is 0.390. The predicted octanol–water partition coefficient (Wildman–Crippen LogP) is 4.63. The van der Waals surface area contributed by atoms with Gasteiger partial charge in [-0.05, 0) is 46.5 Å². The van der Waals surface area contributed by atoms with Gasteiger partial charge < -0.3 is 0 Å². The fourth-order valence-corrected chi connectivity index (χ4v) is 3.38. The van der Waals surface area contributed by atoms with Crippen molar-refractivity contribution in [3.8, 4) is 5.69 Å². The number of aromatic nitrogens is 1. The van der Waals surface area contributed by atoms with Gasteiger partial charge in [0.1, 0.15) is 0 Å². The maximum Gasteiger partial charge on any atom is 0.265 e. The van der Waals surface area contributed by atoms with Crippen molar-refractivity contribution in [2.45, 2.75) is 19.8 Å². The molecule has 0 aliphatic rings. The Kier molecular flexibility index (Phi) is 3.92. The summed E-state index contributed by atoms with van der Waals surface area (Å²) in [6, 6.07) is 22.4. The van der Waals surface area contributed by atoms with Crippen LogP contribution in [0.1, 0.15) is 25.3 Å². The molecule has 0 atom stereocenters. The number of hydrogen-bond donors (Lipinski definition) is 0.